The van der Waals surface area contributed by atoms with Crippen molar-refractivity contribution in [2.45, 2.75) is 34.6 Å². The number of carbonyl (C=O) groups excluding carboxylic acids is 1. The van der Waals surface area contributed by atoms with Gasteiger partial charge >= 0.3 is 0 Å². The van der Waals surface area contributed by atoms with Gasteiger partial charge in [0.1, 0.15) is 0 Å². The van der Waals surface area contributed by atoms with Crippen LogP contribution in [-0.2, 0) is 4.79 Å². The van der Waals surface area contributed by atoms with Gasteiger partial charge in [0.05, 0.1) is 0 Å². The van der Waals surface area contributed by atoms with Gasteiger partial charge in [-0.25, -0.2) is 0 Å². The maximum atomic E-state index is 12.3. The highest BCUT2D eigenvalue weighted by molar-refractivity contribution is 5.98. The maximum absolute atomic E-state index is 12.3. The zero-order valence-electron chi connectivity index (χ0n) is 13.4. The molecule has 0 heterocycles. The Morgan fingerprint density at radius 2 is 1.48 bits per heavy atom. The van der Waals surface area contributed by atoms with E-state index < -0.39 is 5.41 Å². The minimum absolute atomic E-state index is 0.0291. The Labute approximate surface area is 127 Å². The fourth-order valence-corrected chi connectivity index (χ4v) is 2.06. The molecule has 2 aromatic carbocycles. The number of aryl methyl sites for hydroxylation is 2. The molecule has 0 spiro atoms. The van der Waals surface area contributed by atoms with Gasteiger partial charge in [-0.2, -0.15) is 0 Å². The predicted molar refractivity (Wildman–Crippen MR) is 89.4 cm³/mol. The highest BCUT2D eigenvalue weighted by atomic mass is 16.2. The van der Waals surface area contributed by atoms with Gasteiger partial charge in [-0.1, -0.05) is 62.7 Å². The second-order valence-electron chi connectivity index (χ2n) is 6.62. The van der Waals surface area contributed by atoms with Crippen molar-refractivity contribution in [1.82, 2.24) is 0 Å². The molecule has 0 aromatic heterocycles. The molecule has 0 bridgehead atoms. The van der Waals surface area contributed by atoms with E-state index in [4.69, 9.17) is 0 Å². The lowest BCUT2D eigenvalue weighted by Gasteiger charge is -2.20. The summed E-state index contributed by atoms with van der Waals surface area (Å²) >= 11 is 0. The normalized spacial score (nSPS) is 11.3. The van der Waals surface area contributed by atoms with Crippen LogP contribution in [-0.4, -0.2) is 5.91 Å². The number of hydrogen-bond acceptors (Lipinski definition) is 1. The lowest BCUT2D eigenvalue weighted by Crippen LogP contribution is -2.27. The largest absolute Gasteiger partial charge is 0.325 e. The highest BCUT2D eigenvalue weighted by Gasteiger charge is 2.22. The quantitative estimate of drug-likeness (QED) is 0.828. The molecule has 0 aliphatic carbocycles. The van der Waals surface area contributed by atoms with E-state index in [9.17, 15) is 4.79 Å². The van der Waals surface area contributed by atoms with Crippen LogP contribution in [0, 0.1) is 19.3 Å². The third-order valence-corrected chi connectivity index (χ3v) is 3.47. The number of carbonyl (C=O) groups is 1. The van der Waals surface area contributed by atoms with Crippen LogP contribution in [0.15, 0.2) is 42.5 Å². The SMILES string of the molecule is Cc1ccc(-c2ccc(C)cc2NC(=O)C(C)(C)C)cc1. The van der Waals surface area contributed by atoms with Gasteiger partial charge in [-0.3, -0.25) is 4.79 Å². The number of rotatable bonds is 2. The molecular weight excluding hydrogens is 258 g/mol. The summed E-state index contributed by atoms with van der Waals surface area (Å²) < 4.78 is 0. The number of hydrogen-bond donors (Lipinski definition) is 1. The van der Waals surface area contributed by atoms with Crippen LogP contribution < -0.4 is 5.32 Å². The number of anilines is 1. The summed E-state index contributed by atoms with van der Waals surface area (Å²) in [6.07, 6.45) is 0. The van der Waals surface area contributed by atoms with Crippen LogP contribution >= 0.6 is 0 Å². The summed E-state index contributed by atoms with van der Waals surface area (Å²) in [5, 5.41) is 3.07. The van der Waals surface area contributed by atoms with Gasteiger partial charge in [0.2, 0.25) is 5.91 Å². The van der Waals surface area contributed by atoms with Crippen LogP contribution in [0.3, 0.4) is 0 Å². The van der Waals surface area contributed by atoms with Gasteiger partial charge in [-0.15, -0.1) is 0 Å². The summed E-state index contributed by atoms with van der Waals surface area (Å²) in [6, 6.07) is 14.5. The number of amides is 1. The van der Waals surface area contributed by atoms with Crippen molar-refractivity contribution >= 4 is 11.6 Å². The Balaban J connectivity index is 2.43. The lowest BCUT2D eigenvalue weighted by molar-refractivity contribution is -0.123. The van der Waals surface area contributed by atoms with E-state index in [1.807, 2.05) is 33.8 Å². The van der Waals surface area contributed by atoms with Gasteiger partial charge in [0, 0.05) is 16.7 Å². The van der Waals surface area contributed by atoms with Gasteiger partial charge in [0.15, 0.2) is 0 Å². The molecule has 0 saturated carbocycles. The topological polar surface area (TPSA) is 29.1 Å². The van der Waals surface area contributed by atoms with Gasteiger partial charge in [-0.05, 0) is 31.0 Å². The Hall–Kier alpha value is -2.09. The van der Waals surface area contributed by atoms with Crippen LogP contribution in [0.5, 0.6) is 0 Å². The minimum atomic E-state index is -0.408. The van der Waals surface area contributed by atoms with Crippen molar-refractivity contribution < 1.29 is 4.79 Å². The van der Waals surface area contributed by atoms with E-state index in [2.05, 4.69) is 48.6 Å². The monoisotopic (exact) mass is 281 g/mol. The van der Waals surface area contributed by atoms with E-state index in [1.165, 1.54) is 5.56 Å². The molecule has 2 aromatic rings. The molecule has 1 amide bonds. The van der Waals surface area contributed by atoms with Crippen molar-refractivity contribution in [2.75, 3.05) is 5.32 Å². The first-order valence-electron chi connectivity index (χ1n) is 7.26. The van der Waals surface area contributed by atoms with Crippen LogP contribution in [0.25, 0.3) is 11.1 Å². The van der Waals surface area contributed by atoms with Crippen molar-refractivity contribution in [1.29, 1.82) is 0 Å². The van der Waals surface area contributed by atoms with E-state index in [0.29, 0.717) is 0 Å². The standard InChI is InChI=1S/C19H23NO/c1-13-6-9-15(10-7-13)16-11-8-14(2)12-17(16)20-18(21)19(3,4)5/h6-12H,1-5H3,(H,20,21). The molecule has 0 fully saturated rings. The van der Waals surface area contributed by atoms with E-state index >= 15 is 0 Å². The maximum Gasteiger partial charge on any atom is 0.229 e. The zero-order chi connectivity index (χ0) is 15.6. The Kier molecular flexibility index (Phi) is 4.17. The second kappa shape index (κ2) is 5.72. The summed E-state index contributed by atoms with van der Waals surface area (Å²) in [5.74, 6) is 0.0291. The minimum Gasteiger partial charge on any atom is -0.325 e. The van der Waals surface area contributed by atoms with E-state index in [0.717, 1.165) is 22.4 Å². The predicted octanol–water partition coefficient (Wildman–Crippen LogP) is 4.96. The molecular formula is C19H23NO. The van der Waals surface area contributed by atoms with E-state index in [-0.39, 0.29) is 5.91 Å². The molecule has 2 nitrogen and oxygen atoms in total. The third-order valence-electron chi connectivity index (χ3n) is 3.47. The average molecular weight is 281 g/mol. The summed E-state index contributed by atoms with van der Waals surface area (Å²) in [6.45, 7) is 9.87. The summed E-state index contributed by atoms with van der Waals surface area (Å²) in [4.78, 5) is 12.3. The first-order valence-corrected chi connectivity index (χ1v) is 7.26. The first-order chi connectivity index (χ1) is 9.77. The van der Waals surface area contributed by atoms with Crippen molar-refractivity contribution in [3.63, 3.8) is 0 Å². The summed E-state index contributed by atoms with van der Waals surface area (Å²) in [5.41, 5.74) is 5.00. The lowest BCUT2D eigenvalue weighted by atomic mass is 9.94. The molecule has 0 unspecified atom stereocenters. The van der Waals surface area contributed by atoms with Gasteiger partial charge < -0.3 is 5.32 Å². The Morgan fingerprint density at radius 1 is 0.905 bits per heavy atom. The smallest absolute Gasteiger partial charge is 0.229 e. The number of nitrogens with one attached hydrogen (secondary N) is 1. The molecule has 21 heavy (non-hydrogen) atoms. The second-order valence-corrected chi connectivity index (χ2v) is 6.62. The molecule has 0 aliphatic rings. The fraction of sp³-hybridized carbons (Fsp3) is 0.316. The van der Waals surface area contributed by atoms with Gasteiger partial charge in [0.25, 0.3) is 0 Å². The van der Waals surface area contributed by atoms with Crippen molar-refractivity contribution in [2.24, 2.45) is 5.41 Å². The highest BCUT2D eigenvalue weighted by Crippen LogP contribution is 2.30. The molecule has 1 N–H and O–H groups in total. The van der Waals surface area contributed by atoms with Crippen LogP contribution in [0.1, 0.15) is 31.9 Å². The molecule has 0 aliphatic heterocycles. The molecule has 110 valence electrons. The van der Waals surface area contributed by atoms with E-state index in [1.54, 1.807) is 0 Å². The first kappa shape index (κ1) is 15.3. The van der Waals surface area contributed by atoms with Crippen molar-refractivity contribution in [3.05, 3.63) is 53.6 Å². The zero-order valence-corrected chi connectivity index (χ0v) is 13.4. The molecule has 2 heteroatoms. The van der Waals surface area contributed by atoms with Crippen molar-refractivity contribution in [3.8, 4) is 11.1 Å². The molecule has 2 rings (SSSR count). The third kappa shape index (κ3) is 3.72. The number of benzene rings is 2. The molecule has 0 radical (unpaired) electrons. The molecule has 0 saturated heterocycles. The van der Waals surface area contributed by atoms with Crippen LogP contribution in [0.4, 0.5) is 5.69 Å². The summed E-state index contributed by atoms with van der Waals surface area (Å²) in [7, 11) is 0. The Morgan fingerprint density at radius 3 is 2.05 bits per heavy atom. The van der Waals surface area contributed by atoms with Crippen LogP contribution in [0.2, 0.25) is 0 Å². The average Bonchev–Trinajstić information content (AvgIpc) is 2.39. The Bertz CT molecular complexity index is 648. The fourth-order valence-electron chi connectivity index (χ4n) is 2.06. The molecule has 0 atom stereocenters.